The molecule has 6 heteroatoms. The second-order valence-electron chi connectivity index (χ2n) is 4.35. The van der Waals surface area contributed by atoms with E-state index >= 15 is 0 Å². The Hall–Kier alpha value is -2.21. The Morgan fingerprint density at radius 2 is 2.21 bits per heavy atom. The van der Waals surface area contributed by atoms with Crippen LogP contribution in [0.5, 0.6) is 0 Å². The van der Waals surface area contributed by atoms with E-state index in [0.29, 0.717) is 11.5 Å². The topological polar surface area (TPSA) is 61.7 Å². The van der Waals surface area contributed by atoms with Crippen LogP contribution in [0.4, 0.5) is 0 Å². The molecule has 2 N–H and O–H groups in total. The molecular weight excluding hydrogens is 258 g/mol. The van der Waals surface area contributed by atoms with Gasteiger partial charge in [-0.2, -0.15) is 5.10 Å². The molecule has 1 aromatic carbocycles. The van der Waals surface area contributed by atoms with Crippen molar-refractivity contribution < 1.29 is 0 Å². The molecule has 0 aliphatic carbocycles. The third-order valence-corrected chi connectivity index (χ3v) is 3.42. The number of rotatable bonds is 3. The SMILES string of the molecule is Cn1ncnc1Cn1ccc2c(C(N)=S)cccc21. The Labute approximate surface area is 115 Å². The summed E-state index contributed by atoms with van der Waals surface area (Å²) in [5.74, 6) is 0.901. The predicted molar refractivity (Wildman–Crippen MR) is 77.9 cm³/mol. The summed E-state index contributed by atoms with van der Waals surface area (Å²) in [6.45, 7) is 0.667. The van der Waals surface area contributed by atoms with E-state index in [1.54, 1.807) is 11.0 Å². The van der Waals surface area contributed by atoms with Gasteiger partial charge in [0.2, 0.25) is 0 Å². The number of nitrogens with two attached hydrogens (primary N) is 1. The van der Waals surface area contributed by atoms with Crippen LogP contribution in [0.15, 0.2) is 36.8 Å². The highest BCUT2D eigenvalue weighted by Crippen LogP contribution is 2.21. The molecule has 0 fully saturated rings. The smallest absolute Gasteiger partial charge is 0.146 e. The van der Waals surface area contributed by atoms with E-state index in [1.807, 2.05) is 37.5 Å². The van der Waals surface area contributed by atoms with E-state index in [-0.39, 0.29) is 0 Å². The molecule has 2 heterocycles. The molecule has 96 valence electrons. The molecule has 5 nitrogen and oxygen atoms in total. The maximum Gasteiger partial charge on any atom is 0.146 e. The van der Waals surface area contributed by atoms with Crippen LogP contribution >= 0.6 is 12.2 Å². The summed E-state index contributed by atoms with van der Waals surface area (Å²) in [6, 6.07) is 7.98. The average molecular weight is 271 g/mol. The van der Waals surface area contributed by atoms with E-state index in [4.69, 9.17) is 18.0 Å². The van der Waals surface area contributed by atoms with E-state index in [2.05, 4.69) is 14.6 Å². The Kier molecular flexibility index (Phi) is 2.79. The number of aryl methyl sites for hydroxylation is 1. The van der Waals surface area contributed by atoms with Gasteiger partial charge >= 0.3 is 0 Å². The Morgan fingerprint density at radius 3 is 2.89 bits per heavy atom. The first kappa shape index (κ1) is 11.9. The van der Waals surface area contributed by atoms with E-state index < -0.39 is 0 Å². The summed E-state index contributed by atoms with van der Waals surface area (Å²) in [6.07, 6.45) is 3.57. The molecule has 0 aliphatic heterocycles. The van der Waals surface area contributed by atoms with Crippen molar-refractivity contribution in [3.63, 3.8) is 0 Å². The van der Waals surface area contributed by atoms with Crippen molar-refractivity contribution in [2.75, 3.05) is 0 Å². The molecule has 19 heavy (non-hydrogen) atoms. The van der Waals surface area contributed by atoms with E-state index in [1.165, 1.54) is 0 Å². The lowest BCUT2D eigenvalue weighted by Crippen LogP contribution is -2.10. The Balaban J connectivity index is 2.09. The summed E-state index contributed by atoms with van der Waals surface area (Å²) in [5.41, 5.74) is 7.74. The van der Waals surface area contributed by atoms with Crippen molar-refractivity contribution in [2.45, 2.75) is 6.54 Å². The highest BCUT2D eigenvalue weighted by Gasteiger charge is 2.09. The minimum atomic E-state index is 0.419. The average Bonchev–Trinajstić information content (AvgIpc) is 2.97. The highest BCUT2D eigenvalue weighted by atomic mass is 32.1. The van der Waals surface area contributed by atoms with Crippen LogP contribution in [0.25, 0.3) is 10.9 Å². The Morgan fingerprint density at radius 1 is 1.37 bits per heavy atom. The van der Waals surface area contributed by atoms with Gasteiger partial charge < -0.3 is 10.3 Å². The molecule has 0 atom stereocenters. The lowest BCUT2D eigenvalue weighted by molar-refractivity contribution is 0.664. The zero-order valence-electron chi connectivity index (χ0n) is 10.4. The third kappa shape index (κ3) is 2.00. The minimum Gasteiger partial charge on any atom is -0.389 e. The molecule has 0 saturated carbocycles. The zero-order valence-corrected chi connectivity index (χ0v) is 11.3. The number of nitrogens with zero attached hydrogens (tertiary/aromatic N) is 4. The second-order valence-corrected chi connectivity index (χ2v) is 4.79. The summed E-state index contributed by atoms with van der Waals surface area (Å²) >= 11 is 5.08. The first-order valence-corrected chi connectivity index (χ1v) is 6.28. The number of fused-ring (bicyclic) bond motifs is 1. The van der Waals surface area contributed by atoms with E-state index in [0.717, 1.165) is 22.3 Å². The van der Waals surface area contributed by atoms with Crippen LogP contribution in [-0.4, -0.2) is 24.3 Å². The molecule has 0 spiro atoms. The van der Waals surface area contributed by atoms with E-state index in [9.17, 15) is 0 Å². The number of hydrogen-bond acceptors (Lipinski definition) is 3. The van der Waals surface area contributed by atoms with Gasteiger partial charge in [-0.1, -0.05) is 24.4 Å². The van der Waals surface area contributed by atoms with Crippen molar-refractivity contribution in [1.82, 2.24) is 19.3 Å². The molecular formula is C13H13N5S. The number of aromatic nitrogens is 4. The normalized spacial score (nSPS) is 11.0. The fourth-order valence-electron chi connectivity index (χ4n) is 2.19. The largest absolute Gasteiger partial charge is 0.389 e. The van der Waals surface area contributed by atoms with Gasteiger partial charge in [0.1, 0.15) is 17.1 Å². The van der Waals surface area contributed by atoms with Crippen molar-refractivity contribution in [3.8, 4) is 0 Å². The molecule has 3 rings (SSSR count). The van der Waals surface area contributed by atoms with Crippen molar-refractivity contribution in [1.29, 1.82) is 0 Å². The highest BCUT2D eigenvalue weighted by molar-refractivity contribution is 7.80. The maximum absolute atomic E-state index is 5.74. The first-order chi connectivity index (χ1) is 9.16. The van der Waals surface area contributed by atoms with Gasteiger partial charge in [-0.25, -0.2) is 4.98 Å². The fraction of sp³-hybridized carbons (Fsp3) is 0.154. The predicted octanol–water partition coefficient (Wildman–Crippen LogP) is 1.45. The summed E-state index contributed by atoms with van der Waals surface area (Å²) in [4.78, 5) is 4.65. The molecule has 3 aromatic rings. The molecule has 0 amide bonds. The van der Waals surface area contributed by atoms with Crippen molar-refractivity contribution >= 4 is 28.1 Å². The van der Waals surface area contributed by atoms with Gasteiger partial charge in [0.15, 0.2) is 0 Å². The molecule has 0 aliphatic rings. The maximum atomic E-state index is 5.74. The van der Waals surface area contributed by atoms with Crippen LogP contribution in [0.1, 0.15) is 11.4 Å². The standard InChI is InChI=1S/C13H13N5S/c1-17-12(15-8-16-17)7-18-6-5-9-10(13(14)19)3-2-4-11(9)18/h2-6,8H,7H2,1H3,(H2,14,19). The van der Waals surface area contributed by atoms with Gasteiger partial charge in [0.25, 0.3) is 0 Å². The van der Waals surface area contributed by atoms with Crippen LogP contribution in [-0.2, 0) is 13.6 Å². The zero-order chi connectivity index (χ0) is 13.4. The fourth-order valence-corrected chi connectivity index (χ4v) is 2.37. The van der Waals surface area contributed by atoms with Crippen LogP contribution in [0.2, 0.25) is 0 Å². The van der Waals surface area contributed by atoms with Gasteiger partial charge in [-0.3, -0.25) is 4.68 Å². The summed E-state index contributed by atoms with van der Waals surface area (Å²) in [7, 11) is 1.88. The monoisotopic (exact) mass is 271 g/mol. The molecule has 0 unspecified atom stereocenters. The van der Waals surface area contributed by atoms with Crippen LogP contribution < -0.4 is 5.73 Å². The summed E-state index contributed by atoms with van der Waals surface area (Å²) in [5, 5.41) is 5.14. The molecule has 0 bridgehead atoms. The third-order valence-electron chi connectivity index (χ3n) is 3.20. The Bertz CT molecular complexity index is 755. The number of benzene rings is 1. The quantitative estimate of drug-likeness (QED) is 0.732. The van der Waals surface area contributed by atoms with Gasteiger partial charge in [-0.15, -0.1) is 0 Å². The molecule has 0 saturated heterocycles. The number of thiocarbonyl (C=S) groups is 1. The minimum absolute atomic E-state index is 0.419. The van der Waals surface area contributed by atoms with Crippen LogP contribution in [0, 0.1) is 0 Å². The van der Waals surface area contributed by atoms with Crippen molar-refractivity contribution in [3.05, 3.63) is 48.2 Å². The van der Waals surface area contributed by atoms with Crippen molar-refractivity contribution in [2.24, 2.45) is 12.8 Å². The lowest BCUT2D eigenvalue weighted by Gasteiger charge is -2.06. The lowest BCUT2D eigenvalue weighted by atomic mass is 10.1. The van der Waals surface area contributed by atoms with Gasteiger partial charge in [-0.05, 0) is 12.1 Å². The van der Waals surface area contributed by atoms with Gasteiger partial charge in [0.05, 0.1) is 6.54 Å². The first-order valence-electron chi connectivity index (χ1n) is 5.87. The summed E-state index contributed by atoms with van der Waals surface area (Å²) < 4.78 is 3.88. The molecule has 0 radical (unpaired) electrons. The second kappa shape index (κ2) is 4.47. The number of hydrogen-bond donors (Lipinski definition) is 1. The van der Waals surface area contributed by atoms with Gasteiger partial charge in [0, 0.05) is 29.7 Å². The molecule has 2 aromatic heterocycles. The van der Waals surface area contributed by atoms with Crippen LogP contribution in [0.3, 0.4) is 0 Å².